The summed E-state index contributed by atoms with van der Waals surface area (Å²) in [6.07, 6.45) is 4.20. The Hall–Kier alpha value is 0.0300. The maximum absolute atomic E-state index is 6.37. The quantitative estimate of drug-likeness (QED) is 0.442. The van der Waals surface area contributed by atoms with E-state index in [9.17, 15) is 0 Å². The van der Waals surface area contributed by atoms with E-state index in [2.05, 4.69) is 32.9 Å². The number of allylic oxidation sites excluding steroid dienone is 2. The topological polar surface area (TPSA) is 0 Å². The predicted octanol–water partition coefficient (Wildman–Crippen LogP) is 3.46. The number of halogens is 1. The molecule has 0 unspecified atom stereocenters. The van der Waals surface area contributed by atoms with Crippen LogP contribution in [-0.4, -0.2) is 4.87 Å². The molecule has 0 saturated heterocycles. The van der Waals surface area contributed by atoms with E-state index in [0.29, 0.717) is 17.8 Å². The van der Waals surface area contributed by atoms with E-state index < -0.39 is 0 Å². The van der Waals surface area contributed by atoms with Gasteiger partial charge in [0.2, 0.25) is 0 Å². The summed E-state index contributed by atoms with van der Waals surface area (Å²) in [7, 11) is 0. The van der Waals surface area contributed by atoms with E-state index in [-0.39, 0.29) is 4.87 Å². The molecular weight excluding hydrogens is 156 g/mol. The molecule has 0 nitrogen and oxygen atoms in total. The molecule has 3 atom stereocenters. The summed E-state index contributed by atoms with van der Waals surface area (Å²) in [6.45, 7) is 8.76. The number of hydrogen-bond acceptors (Lipinski definition) is 0. The van der Waals surface area contributed by atoms with E-state index in [1.165, 1.54) is 0 Å². The van der Waals surface area contributed by atoms with Crippen LogP contribution in [-0.2, 0) is 0 Å². The largest absolute Gasteiger partial charge is 0.114 e. The molecule has 1 aliphatic carbocycles. The van der Waals surface area contributed by atoms with Crippen LogP contribution in [0.4, 0.5) is 0 Å². The monoisotopic (exact) mass is 172 g/mol. The predicted molar refractivity (Wildman–Crippen MR) is 50.9 cm³/mol. The Morgan fingerprint density at radius 1 is 1.45 bits per heavy atom. The van der Waals surface area contributed by atoms with Gasteiger partial charge in [0.05, 0.1) is 4.87 Å². The van der Waals surface area contributed by atoms with Crippen LogP contribution >= 0.6 is 11.6 Å². The van der Waals surface area contributed by atoms with Crippen LogP contribution in [0.3, 0.4) is 0 Å². The molecule has 0 radical (unpaired) electrons. The van der Waals surface area contributed by atoms with Gasteiger partial charge in [-0.1, -0.05) is 32.9 Å². The zero-order chi connectivity index (χ0) is 8.65. The van der Waals surface area contributed by atoms with Crippen molar-refractivity contribution in [2.75, 3.05) is 0 Å². The lowest BCUT2D eigenvalue weighted by molar-refractivity contribution is 0.524. The number of hydrogen-bond donors (Lipinski definition) is 0. The minimum atomic E-state index is -0.0110. The van der Waals surface area contributed by atoms with Crippen molar-refractivity contribution < 1.29 is 0 Å². The molecule has 1 fully saturated rings. The highest BCUT2D eigenvalue weighted by Gasteiger charge is 2.59. The first kappa shape index (κ1) is 9.12. The maximum atomic E-state index is 6.37. The van der Waals surface area contributed by atoms with Crippen LogP contribution in [0.1, 0.15) is 27.7 Å². The molecule has 1 saturated carbocycles. The summed E-state index contributed by atoms with van der Waals surface area (Å²) < 4.78 is 0. The van der Waals surface area contributed by atoms with Crippen molar-refractivity contribution in [2.45, 2.75) is 32.6 Å². The molecule has 1 heteroatoms. The summed E-state index contributed by atoms with van der Waals surface area (Å²) in [5, 5.41) is 0. The van der Waals surface area contributed by atoms with Gasteiger partial charge in [-0.3, -0.25) is 0 Å². The van der Waals surface area contributed by atoms with Gasteiger partial charge >= 0.3 is 0 Å². The van der Waals surface area contributed by atoms with Gasteiger partial charge in [0.1, 0.15) is 0 Å². The molecule has 0 N–H and O–H groups in total. The van der Waals surface area contributed by atoms with Crippen LogP contribution in [0.25, 0.3) is 0 Å². The smallest absolute Gasteiger partial charge is 0.0688 e. The van der Waals surface area contributed by atoms with Gasteiger partial charge in [-0.05, 0) is 24.7 Å². The minimum Gasteiger partial charge on any atom is -0.114 e. The zero-order valence-electron chi connectivity index (χ0n) is 7.76. The minimum absolute atomic E-state index is 0.0110. The van der Waals surface area contributed by atoms with E-state index in [4.69, 9.17) is 11.6 Å². The third-order valence-corrected chi connectivity index (χ3v) is 3.50. The molecule has 0 aromatic rings. The Balaban J connectivity index is 2.65. The van der Waals surface area contributed by atoms with E-state index in [1.54, 1.807) is 0 Å². The second-order valence-corrected chi connectivity index (χ2v) is 4.54. The summed E-state index contributed by atoms with van der Waals surface area (Å²) >= 11 is 6.37. The van der Waals surface area contributed by atoms with Crippen LogP contribution in [0, 0.1) is 17.8 Å². The van der Waals surface area contributed by atoms with Gasteiger partial charge in [0.25, 0.3) is 0 Å². The molecule has 0 aromatic carbocycles. The maximum Gasteiger partial charge on any atom is 0.0688 e. The van der Waals surface area contributed by atoms with Crippen LogP contribution in [0.15, 0.2) is 12.2 Å². The van der Waals surface area contributed by atoms with E-state index in [0.717, 1.165) is 0 Å². The summed E-state index contributed by atoms with van der Waals surface area (Å²) in [5.41, 5.74) is 0. The highest BCUT2D eigenvalue weighted by molar-refractivity contribution is 6.28. The fraction of sp³-hybridized carbons (Fsp3) is 0.800. The van der Waals surface area contributed by atoms with E-state index >= 15 is 0 Å². The van der Waals surface area contributed by atoms with Crippen molar-refractivity contribution in [3.8, 4) is 0 Å². The highest BCUT2D eigenvalue weighted by Crippen LogP contribution is 2.60. The van der Waals surface area contributed by atoms with Crippen LogP contribution in [0.2, 0.25) is 0 Å². The third-order valence-electron chi connectivity index (χ3n) is 2.78. The number of alkyl halides is 1. The molecule has 64 valence electrons. The fourth-order valence-electron chi connectivity index (χ4n) is 2.19. The molecule has 0 aliphatic heterocycles. The van der Waals surface area contributed by atoms with Crippen molar-refractivity contribution in [3.63, 3.8) is 0 Å². The second-order valence-electron chi connectivity index (χ2n) is 3.89. The zero-order valence-corrected chi connectivity index (χ0v) is 8.52. The first-order valence-corrected chi connectivity index (χ1v) is 4.74. The molecule has 1 aliphatic rings. The SMILES string of the molecule is C/C=C/[C@]1(Cl)[C@H](C(C)C)[C@@H]1C. The molecule has 0 heterocycles. The van der Waals surface area contributed by atoms with Crippen molar-refractivity contribution in [1.82, 2.24) is 0 Å². The lowest BCUT2D eigenvalue weighted by atomic mass is 10.1. The van der Waals surface area contributed by atoms with E-state index in [1.807, 2.05) is 6.92 Å². The van der Waals surface area contributed by atoms with Gasteiger partial charge in [-0.2, -0.15) is 0 Å². The molecule has 0 aromatic heterocycles. The Morgan fingerprint density at radius 3 is 2.27 bits per heavy atom. The summed E-state index contributed by atoms with van der Waals surface area (Å²) in [5.74, 6) is 2.04. The Kier molecular flexibility index (Phi) is 2.34. The van der Waals surface area contributed by atoms with Crippen molar-refractivity contribution in [3.05, 3.63) is 12.2 Å². The second kappa shape index (κ2) is 2.82. The number of rotatable bonds is 2. The van der Waals surface area contributed by atoms with Gasteiger partial charge in [0, 0.05) is 0 Å². The molecule has 0 spiro atoms. The summed E-state index contributed by atoms with van der Waals surface area (Å²) in [4.78, 5) is -0.0110. The Bertz CT molecular complexity index is 172. The lowest BCUT2D eigenvalue weighted by Gasteiger charge is -2.04. The first-order chi connectivity index (χ1) is 5.04. The normalized spacial score (nSPS) is 43.8. The fourth-order valence-corrected chi connectivity index (χ4v) is 2.83. The van der Waals surface area contributed by atoms with Gasteiger partial charge in [0.15, 0.2) is 0 Å². The molecular formula is C10H17Cl. The first-order valence-electron chi connectivity index (χ1n) is 4.36. The van der Waals surface area contributed by atoms with Crippen molar-refractivity contribution in [2.24, 2.45) is 17.8 Å². The standard InChI is InChI=1S/C10H17Cl/c1-5-6-10(11)8(4)9(10)7(2)3/h5-9H,1-4H3/b6-5+/t8-,9+,10+/m0/s1. The van der Waals surface area contributed by atoms with Crippen LogP contribution in [0.5, 0.6) is 0 Å². The lowest BCUT2D eigenvalue weighted by Crippen LogP contribution is -2.02. The molecule has 0 amide bonds. The average Bonchev–Trinajstić information content (AvgIpc) is 2.36. The summed E-state index contributed by atoms with van der Waals surface area (Å²) in [6, 6.07) is 0. The van der Waals surface area contributed by atoms with Crippen molar-refractivity contribution in [1.29, 1.82) is 0 Å². The molecule has 0 bridgehead atoms. The average molecular weight is 173 g/mol. The molecule has 11 heavy (non-hydrogen) atoms. The molecule has 1 rings (SSSR count). The Morgan fingerprint density at radius 2 is 2.00 bits per heavy atom. The third kappa shape index (κ3) is 1.33. The van der Waals surface area contributed by atoms with Gasteiger partial charge < -0.3 is 0 Å². The van der Waals surface area contributed by atoms with Gasteiger partial charge in [-0.15, -0.1) is 11.6 Å². The highest BCUT2D eigenvalue weighted by atomic mass is 35.5. The van der Waals surface area contributed by atoms with Gasteiger partial charge in [-0.25, -0.2) is 0 Å². The van der Waals surface area contributed by atoms with Crippen LogP contribution < -0.4 is 0 Å². The van der Waals surface area contributed by atoms with Crippen molar-refractivity contribution >= 4 is 11.6 Å². The Labute approximate surface area is 74.6 Å².